The molecule has 0 spiro atoms. The maximum absolute atomic E-state index is 13.7. The van der Waals surface area contributed by atoms with Crippen LogP contribution < -0.4 is 5.32 Å². The Labute approximate surface area is 140 Å². The highest BCUT2D eigenvalue weighted by molar-refractivity contribution is 5.76. The number of rotatable bonds is 8. The van der Waals surface area contributed by atoms with Gasteiger partial charge in [0.05, 0.1) is 17.9 Å². The summed E-state index contributed by atoms with van der Waals surface area (Å²) in [7, 11) is 0. The molecule has 6 heteroatoms. The van der Waals surface area contributed by atoms with E-state index in [2.05, 4.69) is 10.3 Å². The van der Waals surface area contributed by atoms with Crippen LogP contribution in [-0.2, 0) is 11.2 Å². The molecule has 1 aromatic carbocycles. The number of aliphatic hydroxyl groups excluding tert-OH is 1. The number of hydrogen-bond donors (Lipinski definition) is 2. The zero-order valence-electron chi connectivity index (χ0n) is 14.0. The van der Waals surface area contributed by atoms with Crippen molar-refractivity contribution in [3.8, 4) is 11.3 Å². The van der Waals surface area contributed by atoms with E-state index in [1.165, 1.54) is 12.3 Å². The molecular formula is C18H23FN2O3. The molecule has 0 fully saturated rings. The molecule has 1 amide bonds. The summed E-state index contributed by atoms with van der Waals surface area (Å²) < 4.78 is 19.2. The molecule has 0 bridgehead atoms. The van der Waals surface area contributed by atoms with Crippen LogP contribution in [0, 0.1) is 11.7 Å². The maximum Gasteiger partial charge on any atom is 0.220 e. The van der Waals surface area contributed by atoms with E-state index in [9.17, 15) is 14.3 Å². The predicted octanol–water partition coefficient (Wildman–Crippen LogP) is 2.94. The van der Waals surface area contributed by atoms with Gasteiger partial charge in [-0.3, -0.25) is 4.79 Å². The van der Waals surface area contributed by atoms with E-state index in [1.807, 2.05) is 13.8 Å². The van der Waals surface area contributed by atoms with Gasteiger partial charge < -0.3 is 14.8 Å². The van der Waals surface area contributed by atoms with E-state index in [0.717, 1.165) is 0 Å². The Balaban J connectivity index is 1.81. The lowest BCUT2D eigenvalue weighted by atomic mass is 10.1. The second-order valence-electron chi connectivity index (χ2n) is 6.19. The van der Waals surface area contributed by atoms with E-state index < -0.39 is 6.10 Å². The number of aromatic nitrogens is 1. The third-order valence-corrected chi connectivity index (χ3v) is 3.54. The Morgan fingerprint density at radius 2 is 2.12 bits per heavy atom. The molecule has 0 aliphatic rings. The first-order chi connectivity index (χ1) is 11.5. The van der Waals surface area contributed by atoms with Gasteiger partial charge in [0.1, 0.15) is 5.82 Å². The van der Waals surface area contributed by atoms with Crippen molar-refractivity contribution in [1.29, 1.82) is 0 Å². The van der Waals surface area contributed by atoms with Crippen LogP contribution in [0.2, 0.25) is 0 Å². The zero-order chi connectivity index (χ0) is 17.5. The van der Waals surface area contributed by atoms with Crippen molar-refractivity contribution in [2.75, 3.05) is 6.54 Å². The number of hydrogen-bond acceptors (Lipinski definition) is 4. The number of benzene rings is 1. The average Bonchev–Trinajstić information content (AvgIpc) is 2.99. The van der Waals surface area contributed by atoms with Gasteiger partial charge in [0, 0.05) is 19.4 Å². The van der Waals surface area contributed by atoms with E-state index in [4.69, 9.17) is 4.42 Å². The normalized spacial score (nSPS) is 12.4. The van der Waals surface area contributed by atoms with Crippen LogP contribution in [0.1, 0.15) is 32.6 Å². The van der Waals surface area contributed by atoms with Gasteiger partial charge in [-0.1, -0.05) is 26.0 Å². The van der Waals surface area contributed by atoms with Gasteiger partial charge in [-0.2, -0.15) is 0 Å². The highest BCUT2D eigenvalue weighted by Crippen LogP contribution is 2.23. The van der Waals surface area contributed by atoms with Crippen LogP contribution in [0.3, 0.4) is 0 Å². The number of aliphatic hydroxyl groups is 1. The first-order valence-corrected chi connectivity index (χ1v) is 8.10. The Bertz CT molecular complexity index is 670. The van der Waals surface area contributed by atoms with E-state index >= 15 is 0 Å². The Morgan fingerprint density at radius 1 is 1.38 bits per heavy atom. The molecule has 5 nitrogen and oxygen atoms in total. The molecule has 1 unspecified atom stereocenters. The average molecular weight is 334 g/mol. The van der Waals surface area contributed by atoms with Gasteiger partial charge in [0.2, 0.25) is 5.91 Å². The van der Waals surface area contributed by atoms with Gasteiger partial charge in [-0.25, -0.2) is 9.37 Å². The summed E-state index contributed by atoms with van der Waals surface area (Å²) in [5.74, 6) is 0.545. The number of halogens is 1. The highest BCUT2D eigenvalue weighted by Gasteiger charge is 2.13. The lowest BCUT2D eigenvalue weighted by molar-refractivity contribution is -0.121. The highest BCUT2D eigenvalue weighted by atomic mass is 19.1. The van der Waals surface area contributed by atoms with Gasteiger partial charge >= 0.3 is 0 Å². The standard InChI is InChI=1S/C18H23FN2O3/c1-12(2)9-13(22)10-20-17(23)7-8-18-21-11-16(24-18)14-5-3-4-6-15(14)19/h3-6,11-13,22H,7-10H2,1-2H3,(H,20,23). The molecule has 2 N–H and O–H groups in total. The van der Waals surface area contributed by atoms with Crippen LogP contribution in [0.25, 0.3) is 11.3 Å². The zero-order valence-corrected chi connectivity index (χ0v) is 14.0. The third kappa shape index (κ3) is 5.45. The van der Waals surface area contributed by atoms with Gasteiger partial charge in [-0.05, 0) is 24.5 Å². The molecule has 0 saturated heterocycles. The molecule has 130 valence electrons. The van der Waals surface area contributed by atoms with Crippen molar-refractivity contribution < 1.29 is 18.7 Å². The third-order valence-electron chi connectivity index (χ3n) is 3.54. The van der Waals surface area contributed by atoms with Crippen molar-refractivity contribution in [2.45, 2.75) is 39.2 Å². The molecule has 0 aliphatic carbocycles. The van der Waals surface area contributed by atoms with Crippen molar-refractivity contribution in [3.63, 3.8) is 0 Å². The lowest BCUT2D eigenvalue weighted by Crippen LogP contribution is -2.32. The number of nitrogens with zero attached hydrogens (tertiary/aromatic N) is 1. The van der Waals surface area contributed by atoms with Gasteiger partial charge in [0.15, 0.2) is 11.7 Å². The van der Waals surface area contributed by atoms with Crippen LogP contribution >= 0.6 is 0 Å². The molecule has 1 heterocycles. The predicted molar refractivity (Wildman–Crippen MR) is 88.7 cm³/mol. The molecule has 24 heavy (non-hydrogen) atoms. The van der Waals surface area contributed by atoms with E-state index in [-0.39, 0.29) is 24.7 Å². The van der Waals surface area contributed by atoms with E-state index in [1.54, 1.807) is 18.2 Å². The Morgan fingerprint density at radius 3 is 2.83 bits per heavy atom. The fraction of sp³-hybridized carbons (Fsp3) is 0.444. The fourth-order valence-corrected chi connectivity index (χ4v) is 2.38. The number of oxazole rings is 1. The van der Waals surface area contributed by atoms with Crippen molar-refractivity contribution in [2.24, 2.45) is 5.92 Å². The summed E-state index contributed by atoms with van der Waals surface area (Å²) >= 11 is 0. The Kier molecular flexibility index (Phi) is 6.49. The minimum atomic E-state index is -0.539. The molecule has 0 radical (unpaired) electrons. The lowest BCUT2D eigenvalue weighted by Gasteiger charge is -2.13. The molecule has 0 saturated carbocycles. The summed E-state index contributed by atoms with van der Waals surface area (Å²) in [5, 5.41) is 12.4. The number of carbonyl (C=O) groups is 1. The minimum absolute atomic E-state index is 0.177. The minimum Gasteiger partial charge on any atom is -0.441 e. The van der Waals surface area contributed by atoms with Crippen LogP contribution in [0.15, 0.2) is 34.9 Å². The van der Waals surface area contributed by atoms with Crippen molar-refractivity contribution in [3.05, 3.63) is 42.2 Å². The molecule has 0 aliphatic heterocycles. The quantitative estimate of drug-likeness (QED) is 0.778. The molecule has 1 atom stereocenters. The summed E-state index contributed by atoms with van der Waals surface area (Å²) in [6.45, 7) is 4.27. The van der Waals surface area contributed by atoms with Crippen molar-refractivity contribution >= 4 is 5.91 Å². The molecule has 2 aromatic rings. The topological polar surface area (TPSA) is 75.4 Å². The molecular weight excluding hydrogens is 311 g/mol. The first-order valence-electron chi connectivity index (χ1n) is 8.10. The van der Waals surface area contributed by atoms with Crippen LogP contribution in [0.5, 0.6) is 0 Å². The monoisotopic (exact) mass is 334 g/mol. The first kappa shape index (κ1) is 18.1. The fourth-order valence-electron chi connectivity index (χ4n) is 2.38. The number of carbonyl (C=O) groups excluding carboxylic acids is 1. The number of nitrogens with one attached hydrogen (secondary N) is 1. The van der Waals surface area contributed by atoms with Crippen molar-refractivity contribution in [1.82, 2.24) is 10.3 Å². The Hall–Kier alpha value is -2.21. The van der Waals surface area contributed by atoms with Crippen LogP contribution in [-0.4, -0.2) is 28.6 Å². The second kappa shape index (κ2) is 8.59. The molecule has 1 aromatic heterocycles. The summed E-state index contributed by atoms with van der Waals surface area (Å²) in [6.07, 6.45) is 2.08. The SMILES string of the molecule is CC(C)CC(O)CNC(=O)CCc1ncc(-c2ccccc2F)o1. The summed E-state index contributed by atoms with van der Waals surface area (Å²) in [6, 6.07) is 6.29. The molecule has 2 rings (SSSR count). The maximum atomic E-state index is 13.7. The largest absolute Gasteiger partial charge is 0.441 e. The summed E-state index contributed by atoms with van der Waals surface area (Å²) in [5.41, 5.74) is 0.345. The smallest absolute Gasteiger partial charge is 0.220 e. The van der Waals surface area contributed by atoms with Gasteiger partial charge in [-0.15, -0.1) is 0 Å². The van der Waals surface area contributed by atoms with Crippen LogP contribution in [0.4, 0.5) is 4.39 Å². The number of aryl methyl sites for hydroxylation is 1. The number of amides is 1. The summed E-state index contributed by atoms with van der Waals surface area (Å²) in [4.78, 5) is 15.9. The van der Waals surface area contributed by atoms with E-state index in [0.29, 0.717) is 36.0 Å². The van der Waals surface area contributed by atoms with Gasteiger partial charge in [0.25, 0.3) is 0 Å². The second-order valence-corrected chi connectivity index (χ2v) is 6.19.